The zero-order valence-electron chi connectivity index (χ0n) is 16.8. The van der Waals surface area contributed by atoms with E-state index in [0.717, 1.165) is 32.1 Å². The highest BCUT2D eigenvalue weighted by atomic mass is 32.3. The summed E-state index contributed by atoms with van der Waals surface area (Å²) in [5, 5.41) is 0. The Morgan fingerprint density at radius 3 is 2.28 bits per heavy atom. The molecule has 0 aromatic heterocycles. The Hall–Kier alpha value is -0.520. The lowest BCUT2D eigenvalue weighted by atomic mass is 9.48. The van der Waals surface area contributed by atoms with Crippen LogP contribution in [0.5, 0.6) is 0 Å². The van der Waals surface area contributed by atoms with Gasteiger partial charge < -0.3 is 0 Å². The summed E-state index contributed by atoms with van der Waals surface area (Å²) in [4.78, 5) is 0. The summed E-state index contributed by atoms with van der Waals surface area (Å²) in [6, 6.07) is 0. The maximum atomic E-state index is 11.3. The van der Waals surface area contributed by atoms with Crippen LogP contribution in [0.2, 0.25) is 0 Å². The molecule has 8 nitrogen and oxygen atoms in total. The first-order chi connectivity index (χ1) is 13.3. The van der Waals surface area contributed by atoms with Crippen molar-refractivity contribution in [2.45, 2.75) is 77.4 Å². The summed E-state index contributed by atoms with van der Waals surface area (Å²) < 4.78 is 72.9. The molecule has 4 aliphatic carbocycles. The molecule has 10 heteroatoms. The van der Waals surface area contributed by atoms with Crippen LogP contribution in [0, 0.1) is 28.6 Å². The van der Waals surface area contributed by atoms with Crippen molar-refractivity contribution < 1.29 is 34.3 Å². The summed E-state index contributed by atoms with van der Waals surface area (Å²) in [6.07, 6.45) is 7.25. The molecule has 4 rings (SSSR count). The predicted molar refractivity (Wildman–Crippen MR) is 105 cm³/mol. The molecule has 0 spiro atoms. The smallest absolute Gasteiger partial charge is 0.264 e. The van der Waals surface area contributed by atoms with Gasteiger partial charge in [0.25, 0.3) is 0 Å². The number of hydrogen-bond acceptors (Lipinski definition) is 6. The van der Waals surface area contributed by atoms with E-state index in [4.69, 9.17) is 12.9 Å². The number of fused-ring (bicyclic) bond motifs is 5. The summed E-state index contributed by atoms with van der Waals surface area (Å²) in [5.74, 6) is 1.18. The van der Waals surface area contributed by atoms with Crippen LogP contribution < -0.4 is 0 Å². The fourth-order valence-electron chi connectivity index (χ4n) is 7.14. The van der Waals surface area contributed by atoms with Gasteiger partial charge in [-0.05, 0) is 80.0 Å². The van der Waals surface area contributed by atoms with E-state index >= 15 is 0 Å². The van der Waals surface area contributed by atoms with Crippen molar-refractivity contribution >= 4 is 20.8 Å². The first kappa shape index (κ1) is 21.7. The molecule has 3 saturated carbocycles. The van der Waals surface area contributed by atoms with Gasteiger partial charge in [0.1, 0.15) is 0 Å². The predicted octanol–water partition coefficient (Wildman–Crippen LogP) is 3.33. The molecule has 166 valence electrons. The average Bonchev–Trinajstić information content (AvgIpc) is 2.89. The van der Waals surface area contributed by atoms with Gasteiger partial charge in [0, 0.05) is 0 Å². The van der Waals surface area contributed by atoms with Gasteiger partial charge in [-0.1, -0.05) is 25.5 Å². The molecule has 2 N–H and O–H groups in total. The van der Waals surface area contributed by atoms with Gasteiger partial charge in [-0.15, -0.1) is 0 Å². The highest BCUT2D eigenvalue weighted by Crippen LogP contribution is 2.65. The SMILES string of the molecule is C[C@]12CC[C@H]3[C@@H](CC=C4C[C@@H](OS(=O)(=O)O)CC[C@@]43C)[C@@H]1CC[C@@H]2OS(=O)(=O)O. The monoisotopic (exact) mass is 450 g/mol. The highest BCUT2D eigenvalue weighted by molar-refractivity contribution is 7.81. The lowest BCUT2D eigenvalue weighted by Gasteiger charge is -2.57. The van der Waals surface area contributed by atoms with Crippen molar-refractivity contribution in [1.82, 2.24) is 0 Å². The molecule has 0 aliphatic heterocycles. The molecule has 29 heavy (non-hydrogen) atoms. The second kappa shape index (κ2) is 7.00. The van der Waals surface area contributed by atoms with Crippen LogP contribution in [-0.2, 0) is 29.2 Å². The fourth-order valence-corrected chi connectivity index (χ4v) is 8.26. The Morgan fingerprint density at radius 1 is 0.931 bits per heavy atom. The highest BCUT2D eigenvalue weighted by Gasteiger charge is 2.59. The molecule has 0 radical (unpaired) electrons. The van der Waals surface area contributed by atoms with Crippen LogP contribution in [0.25, 0.3) is 0 Å². The first-order valence-electron chi connectivity index (χ1n) is 10.3. The Balaban J connectivity index is 1.56. The van der Waals surface area contributed by atoms with Crippen LogP contribution in [-0.4, -0.2) is 38.1 Å². The lowest BCUT2D eigenvalue weighted by Crippen LogP contribution is -2.51. The zero-order chi connectivity index (χ0) is 21.2. The van der Waals surface area contributed by atoms with Crippen molar-refractivity contribution in [1.29, 1.82) is 0 Å². The third-order valence-corrected chi connectivity index (χ3v) is 9.46. The minimum absolute atomic E-state index is 0.0364. The molecule has 0 aromatic rings. The normalized spacial score (nSPS) is 45.1. The molecule has 7 atom stereocenters. The van der Waals surface area contributed by atoms with Crippen molar-refractivity contribution in [2.75, 3.05) is 0 Å². The fraction of sp³-hybridized carbons (Fsp3) is 0.895. The van der Waals surface area contributed by atoms with Gasteiger partial charge in [0.2, 0.25) is 0 Å². The van der Waals surface area contributed by atoms with E-state index in [9.17, 15) is 21.4 Å². The lowest BCUT2D eigenvalue weighted by molar-refractivity contribution is -0.0645. The van der Waals surface area contributed by atoms with Crippen LogP contribution >= 0.6 is 0 Å². The molecule has 0 bridgehead atoms. The second-order valence-corrected chi connectivity index (χ2v) is 11.9. The van der Waals surface area contributed by atoms with Crippen molar-refractivity contribution in [3.8, 4) is 0 Å². The van der Waals surface area contributed by atoms with Crippen LogP contribution in [0.15, 0.2) is 11.6 Å². The average molecular weight is 451 g/mol. The van der Waals surface area contributed by atoms with Gasteiger partial charge in [-0.25, -0.2) is 8.37 Å². The van der Waals surface area contributed by atoms with E-state index in [2.05, 4.69) is 19.9 Å². The number of rotatable bonds is 4. The van der Waals surface area contributed by atoms with Gasteiger partial charge in [0.15, 0.2) is 0 Å². The maximum absolute atomic E-state index is 11.3. The Bertz CT molecular complexity index is 910. The van der Waals surface area contributed by atoms with Gasteiger partial charge in [0.05, 0.1) is 12.2 Å². The Labute approximate surface area is 172 Å². The third-order valence-electron chi connectivity index (χ3n) is 8.47. The largest absolute Gasteiger partial charge is 0.397 e. The molecule has 0 saturated heterocycles. The zero-order valence-corrected chi connectivity index (χ0v) is 18.4. The third kappa shape index (κ3) is 3.92. The minimum atomic E-state index is -4.47. The molecule has 0 heterocycles. The minimum Gasteiger partial charge on any atom is -0.264 e. The van der Waals surface area contributed by atoms with E-state index in [1.807, 2.05) is 0 Å². The molecule has 3 fully saturated rings. The first-order valence-corrected chi connectivity index (χ1v) is 13.1. The van der Waals surface area contributed by atoms with E-state index in [1.54, 1.807) is 0 Å². The van der Waals surface area contributed by atoms with E-state index in [1.165, 1.54) is 5.57 Å². The molecular weight excluding hydrogens is 420 g/mol. The summed E-state index contributed by atoms with van der Waals surface area (Å²) >= 11 is 0. The summed E-state index contributed by atoms with van der Waals surface area (Å²) in [7, 11) is -8.93. The second-order valence-electron chi connectivity index (χ2n) is 9.78. The van der Waals surface area contributed by atoms with Crippen LogP contribution in [0.1, 0.15) is 65.2 Å². The van der Waals surface area contributed by atoms with Crippen LogP contribution in [0.4, 0.5) is 0 Å². The quantitative estimate of drug-likeness (QED) is 0.493. The van der Waals surface area contributed by atoms with Gasteiger partial charge >= 0.3 is 20.8 Å². The Morgan fingerprint density at radius 2 is 1.62 bits per heavy atom. The summed E-state index contributed by atoms with van der Waals surface area (Å²) in [5.41, 5.74) is 0.904. The molecule has 0 unspecified atom stereocenters. The van der Waals surface area contributed by atoms with E-state index in [0.29, 0.717) is 37.0 Å². The molecule has 4 aliphatic rings. The Kier molecular flexibility index (Phi) is 5.24. The molecule has 0 aromatic carbocycles. The molecular formula is C19H30O8S2. The standard InChI is InChI=1S/C19H30O8S2/c1-18-9-7-13(26-28(20,21)22)11-12(18)3-4-14-15-5-6-17(27-29(23,24)25)19(15,2)10-8-16(14)18/h3,13-17H,4-11H2,1-2H3,(H,20,21,22)(H,23,24,25)/t13-,14-,15-,16-,17-,18-,19-/m0/s1. The van der Waals surface area contributed by atoms with Gasteiger partial charge in [-0.2, -0.15) is 16.8 Å². The van der Waals surface area contributed by atoms with E-state index in [-0.39, 0.29) is 10.8 Å². The number of allylic oxidation sites excluding steroid dienone is 1. The summed E-state index contributed by atoms with van der Waals surface area (Å²) in [6.45, 7) is 4.35. The molecule has 0 amide bonds. The number of hydrogen-bond donors (Lipinski definition) is 2. The van der Waals surface area contributed by atoms with Crippen molar-refractivity contribution in [2.24, 2.45) is 28.6 Å². The van der Waals surface area contributed by atoms with Crippen molar-refractivity contribution in [3.05, 3.63) is 11.6 Å². The van der Waals surface area contributed by atoms with E-state index < -0.39 is 33.0 Å². The maximum Gasteiger partial charge on any atom is 0.397 e. The topological polar surface area (TPSA) is 127 Å². The van der Waals surface area contributed by atoms with Crippen LogP contribution in [0.3, 0.4) is 0 Å². The van der Waals surface area contributed by atoms with Crippen molar-refractivity contribution in [3.63, 3.8) is 0 Å². The van der Waals surface area contributed by atoms with Gasteiger partial charge in [-0.3, -0.25) is 9.11 Å².